The summed E-state index contributed by atoms with van der Waals surface area (Å²) in [5.41, 5.74) is 0.566. The normalized spacial score (nSPS) is 20.1. The van der Waals surface area contributed by atoms with Crippen LogP contribution in [0.25, 0.3) is 10.6 Å². The van der Waals surface area contributed by atoms with Gasteiger partial charge in [-0.2, -0.15) is 13.2 Å². The quantitative estimate of drug-likeness (QED) is 0.412. The number of aromatic nitrogens is 1. The first-order chi connectivity index (χ1) is 15.2. The Kier molecular flexibility index (Phi) is 6.80. The van der Waals surface area contributed by atoms with E-state index < -0.39 is 28.1 Å². The zero-order valence-corrected chi connectivity index (χ0v) is 19.0. The maximum absolute atomic E-state index is 12.7. The molecule has 3 N–H and O–H groups in total. The van der Waals surface area contributed by atoms with Crippen molar-refractivity contribution in [1.29, 1.82) is 0 Å². The first-order valence-corrected chi connectivity index (χ1v) is 11.7. The number of thiophene rings is 1. The fourth-order valence-corrected chi connectivity index (χ4v) is 5.81. The Labute approximate surface area is 194 Å². The van der Waals surface area contributed by atoms with Gasteiger partial charge in [0.1, 0.15) is 9.90 Å². The van der Waals surface area contributed by atoms with Crippen molar-refractivity contribution >= 4 is 39.1 Å². The van der Waals surface area contributed by atoms with Crippen LogP contribution in [0.15, 0.2) is 51.2 Å². The Morgan fingerprint density at radius 1 is 1.24 bits per heavy atom. The van der Waals surface area contributed by atoms with Crippen LogP contribution >= 0.6 is 22.9 Å². The van der Waals surface area contributed by atoms with Gasteiger partial charge in [0.15, 0.2) is 0 Å². The van der Waals surface area contributed by atoms with Crippen LogP contribution in [-0.4, -0.2) is 36.0 Å². The lowest BCUT2D eigenvalue weighted by Crippen LogP contribution is -2.29. The first kappa shape index (κ1) is 25.0. The van der Waals surface area contributed by atoms with E-state index in [9.17, 15) is 21.6 Å². The minimum absolute atomic E-state index is 0.00517. The standard InChI is InChI=1S/C18H14ClF3N2O3S2.CH2O3/c1-17(10-2-4-11(19)5-3-10)9-14(17)24-29(25,26)16-7-6-13(28-16)12-8-15(27-23-12)18(20,21)22;2-1(3)4/h2-8,14,24H,9H2,1H3;(H2,2,3,4)/t14-,17+;/m0./s1. The number of halogens is 4. The fraction of sp³-hybridized carbons (Fsp3) is 0.263. The van der Waals surface area contributed by atoms with Crippen molar-refractivity contribution in [3.8, 4) is 10.6 Å². The van der Waals surface area contributed by atoms with Crippen LogP contribution < -0.4 is 4.72 Å². The van der Waals surface area contributed by atoms with Gasteiger partial charge in [-0.1, -0.05) is 35.8 Å². The van der Waals surface area contributed by atoms with Crippen LogP contribution in [0.2, 0.25) is 5.02 Å². The van der Waals surface area contributed by atoms with Crippen molar-refractivity contribution in [1.82, 2.24) is 9.88 Å². The SMILES string of the molecule is C[C@]1(c2ccc(Cl)cc2)C[C@@H]1NS(=O)(=O)c1ccc(-c2cc(C(F)(F)F)on2)s1.O=C(O)O. The first-order valence-electron chi connectivity index (χ1n) is 9.07. The van der Waals surface area contributed by atoms with Gasteiger partial charge >= 0.3 is 12.3 Å². The Hall–Kier alpha value is -2.61. The van der Waals surface area contributed by atoms with E-state index in [1.165, 1.54) is 12.1 Å². The number of alkyl halides is 3. The highest BCUT2D eigenvalue weighted by Crippen LogP contribution is 2.49. The van der Waals surface area contributed by atoms with Crippen LogP contribution in [0.1, 0.15) is 24.7 Å². The summed E-state index contributed by atoms with van der Waals surface area (Å²) >= 11 is 6.73. The zero-order chi connectivity index (χ0) is 24.6. The smallest absolute Gasteiger partial charge is 0.450 e. The van der Waals surface area contributed by atoms with Gasteiger partial charge in [0.2, 0.25) is 15.8 Å². The molecule has 1 fully saturated rings. The van der Waals surface area contributed by atoms with Crippen LogP contribution in [0.5, 0.6) is 0 Å². The fourth-order valence-electron chi connectivity index (χ4n) is 3.06. The Balaban J connectivity index is 0.000000709. The van der Waals surface area contributed by atoms with Crippen molar-refractivity contribution in [2.24, 2.45) is 0 Å². The molecular formula is C19H16ClF3N2O6S2. The third-order valence-electron chi connectivity index (χ3n) is 4.93. The molecule has 33 heavy (non-hydrogen) atoms. The van der Waals surface area contributed by atoms with Gasteiger partial charge in [0.05, 0.1) is 4.88 Å². The molecule has 8 nitrogen and oxygen atoms in total. The van der Waals surface area contributed by atoms with Gasteiger partial charge in [-0.25, -0.2) is 17.9 Å². The number of hydrogen-bond acceptors (Lipinski definition) is 6. The van der Waals surface area contributed by atoms with Crippen LogP contribution in [0, 0.1) is 0 Å². The molecule has 1 saturated carbocycles. The van der Waals surface area contributed by atoms with Gasteiger partial charge in [-0.15, -0.1) is 11.3 Å². The summed E-state index contributed by atoms with van der Waals surface area (Å²) in [5, 5.41) is 17.9. The molecule has 14 heteroatoms. The van der Waals surface area contributed by atoms with Gasteiger partial charge < -0.3 is 14.7 Å². The lowest BCUT2D eigenvalue weighted by molar-refractivity contribution is -0.155. The van der Waals surface area contributed by atoms with E-state index in [-0.39, 0.29) is 26.2 Å². The average Bonchev–Trinajstić information content (AvgIpc) is 3.13. The number of benzene rings is 1. The van der Waals surface area contributed by atoms with E-state index in [2.05, 4.69) is 14.4 Å². The minimum atomic E-state index is -4.66. The molecule has 1 aliphatic rings. The van der Waals surface area contributed by atoms with E-state index in [1.54, 1.807) is 12.1 Å². The zero-order valence-electron chi connectivity index (χ0n) is 16.6. The molecular weight excluding hydrogens is 509 g/mol. The largest absolute Gasteiger partial charge is 0.503 e. The Bertz CT molecular complexity index is 1250. The lowest BCUT2D eigenvalue weighted by Gasteiger charge is -2.12. The van der Waals surface area contributed by atoms with Crippen LogP contribution in [0.4, 0.5) is 18.0 Å². The summed E-state index contributed by atoms with van der Waals surface area (Å²) < 4.78 is 70.4. The second-order valence-corrected chi connectivity index (χ2v) is 10.7. The molecule has 0 bridgehead atoms. The second kappa shape index (κ2) is 8.97. The minimum Gasteiger partial charge on any atom is -0.450 e. The van der Waals surface area contributed by atoms with Gasteiger partial charge in [0, 0.05) is 22.5 Å². The molecule has 0 radical (unpaired) electrons. The van der Waals surface area contributed by atoms with E-state index in [1.807, 2.05) is 19.1 Å². The van der Waals surface area contributed by atoms with E-state index in [0.29, 0.717) is 11.4 Å². The van der Waals surface area contributed by atoms with Crippen molar-refractivity contribution in [2.75, 3.05) is 0 Å². The van der Waals surface area contributed by atoms with Gasteiger partial charge in [-0.3, -0.25) is 0 Å². The summed E-state index contributed by atoms with van der Waals surface area (Å²) in [6, 6.07) is 10.4. The topological polar surface area (TPSA) is 130 Å². The maximum atomic E-state index is 12.7. The van der Waals surface area contributed by atoms with Gasteiger partial charge in [0.25, 0.3) is 0 Å². The summed E-state index contributed by atoms with van der Waals surface area (Å²) in [6.07, 6.45) is -5.86. The molecule has 0 unspecified atom stereocenters. The Morgan fingerprint density at radius 3 is 2.39 bits per heavy atom. The molecule has 0 amide bonds. The predicted molar refractivity (Wildman–Crippen MR) is 113 cm³/mol. The third-order valence-corrected chi connectivity index (χ3v) is 8.25. The van der Waals surface area contributed by atoms with E-state index in [4.69, 9.17) is 26.6 Å². The van der Waals surface area contributed by atoms with Gasteiger partial charge in [-0.05, 0) is 36.2 Å². The Morgan fingerprint density at radius 2 is 1.85 bits per heavy atom. The van der Waals surface area contributed by atoms with Crippen molar-refractivity contribution < 1.29 is 41.1 Å². The summed E-state index contributed by atoms with van der Waals surface area (Å²) in [7, 11) is -3.83. The van der Waals surface area contributed by atoms with Crippen LogP contribution in [0.3, 0.4) is 0 Å². The highest BCUT2D eigenvalue weighted by atomic mass is 35.5. The predicted octanol–water partition coefficient (Wildman–Crippen LogP) is 5.31. The maximum Gasteiger partial charge on any atom is 0.503 e. The molecule has 1 aliphatic carbocycles. The van der Waals surface area contributed by atoms with Crippen molar-refractivity contribution in [3.63, 3.8) is 0 Å². The number of carbonyl (C=O) groups is 1. The number of nitrogens with one attached hydrogen (secondary N) is 1. The van der Waals surface area contributed by atoms with Crippen molar-refractivity contribution in [3.05, 3.63) is 58.8 Å². The molecule has 178 valence electrons. The van der Waals surface area contributed by atoms with E-state index in [0.717, 1.165) is 23.0 Å². The summed E-state index contributed by atoms with van der Waals surface area (Å²) in [6.45, 7) is 1.96. The number of hydrogen-bond donors (Lipinski definition) is 3. The molecule has 0 spiro atoms. The number of nitrogens with zero attached hydrogens (tertiary/aromatic N) is 1. The van der Waals surface area contributed by atoms with Crippen molar-refractivity contribution in [2.45, 2.75) is 35.2 Å². The second-order valence-electron chi connectivity index (χ2n) is 7.28. The summed E-state index contributed by atoms with van der Waals surface area (Å²) in [4.78, 5) is 8.82. The number of sulfonamides is 1. The molecule has 3 aromatic rings. The highest BCUT2D eigenvalue weighted by molar-refractivity contribution is 7.91. The third kappa shape index (κ3) is 5.85. The molecule has 4 rings (SSSR count). The summed E-state index contributed by atoms with van der Waals surface area (Å²) in [5.74, 6) is -1.24. The molecule has 0 saturated heterocycles. The number of carboxylic acid groups (broad SMARTS) is 2. The monoisotopic (exact) mass is 524 g/mol. The number of rotatable bonds is 5. The lowest BCUT2D eigenvalue weighted by atomic mass is 9.98. The molecule has 2 atom stereocenters. The molecule has 1 aromatic carbocycles. The van der Waals surface area contributed by atoms with Crippen LogP contribution in [-0.2, 0) is 21.6 Å². The highest BCUT2D eigenvalue weighted by Gasteiger charge is 2.53. The molecule has 2 heterocycles. The van der Waals surface area contributed by atoms with E-state index >= 15 is 0 Å². The molecule has 0 aliphatic heterocycles. The average molecular weight is 525 g/mol. The molecule has 2 aromatic heterocycles.